The second-order valence-corrected chi connectivity index (χ2v) is 25.6. The van der Waals surface area contributed by atoms with Crippen LogP contribution >= 0.6 is 7.82 Å². The minimum Gasteiger partial charge on any atom is -0.387 e. The zero-order chi connectivity index (χ0) is 59.1. The van der Waals surface area contributed by atoms with Crippen molar-refractivity contribution in [3.05, 3.63) is 97.2 Å². The van der Waals surface area contributed by atoms with E-state index in [4.69, 9.17) is 9.05 Å². The average Bonchev–Trinajstić information content (AvgIpc) is 3.43. The molecule has 0 aromatic rings. The minimum absolute atomic E-state index is 0.0513. The molecular formula is C72H132N2O6P+. The second-order valence-electron chi connectivity index (χ2n) is 24.2. The molecule has 3 atom stereocenters. The largest absolute Gasteiger partial charge is 0.472 e. The van der Waals surface area contributed by atoms with Crippen molar-refractivity contribution in [3.8, 4) is 0 Å². The molecule has 0 fully saturated rings. The number of carbonyl (C=O) groups excluding carboxylic acids is 1. The summed E-state index contributed by atoms with van der Waals surface area (Å²) in [5.41, 5.74) is 0. The first-order valence-electron chi connectivity index (χ1n) is 34.1. The summed E-state index contributed by atoms with van der Waals surface area (Å²) in [6.45, 7) is 4.70. The number of nitrogens with zero attached hydrogens (tertiary/aromatic N) is 1. The maximum Gasteiger partial charge on any atom is 0.472 e. The van der Waals surface area contributed by atoms with Crippen molar-refractivity contribution in [1.29, 1.82) is 0 Å². The van der Waals surface area contributed by atoms with Gasteiger partial charge in [0.05, 0.1) is 39.9 Å². The highest BCUT2D eigenvalue weighted by Gasteiger charge is 2.28. The molecule has 470 valence electrons. The van der Waals surface area contributed by atoms with E-state index in [1.807, 2.05) is 27.2 Å². The summed E-state index contributed by atoms with van der Waals surface area (Å²) in [7, 11) is 1.55. The molecule has 0 aliphatic carbocycles. The van der Waals surface area contributed by atoms with Gasteiger partial charge in [-0.2, -0.15) is 0 Å². The molecule has 8 nitrogen and oxygen atoms in total. The summed E-state index contributed by atoms with van der Waals surface area (Å²) in [6, 6.07) is -0.874. The van der Waals surface area contributed by atoms with Crippen LogP contribution in [0.3, 0.4) is 0 Å². The van der Waals surface area contributed by atoms with E-state index in [-0.39, 0.29) is 19.1 Å². The molecular weight excluding hydrogens is 1020 g/mol. The molecule has 0 saturated carbocycles. The Balaban J connectivity index is 4.16. The molecule has 0 bridgehead atoms. The number of quaternary nitrogens is 1. The Hall–Kier alpha value is -2.58. The normalized spacial score (nSPS) is 14.3. The zero-order valence-corrected chi connectivity index (χ0v) is 54.6. The van der Waals surface area contributed by atoms with Gasteiger partial charge in [-0.3, -0.25) is 13.8 Å². The number of nitrogens with one attached hydrogen (secondary N) is 1. The monoisotopic (exact) mass is 1150 g/mol. The van der Waals surface area contributed by atoms with Crippen molar-refractivity contribution >= 4 is 13.7 Å². The van der Waals surface area contributed by atoms with Crippen LogP contribution in [0.1, 0.15) is 303 Å². The fourth-order valence-electron chi connectivity index (χ4n) is 9.77. The summed E-state index contributed by atoms with van der Waals surface area (Å²) < 4.78 is 23.8. The van der Waals surface area contributed by atoms with Crippen LogP contribution in [0.15, 0.2) is 97.2 Å². The van der Waals surface area contributed by atoms with Crippen LogP contribution in [-0.4, -0.2) is 73.4 Å². The minimum atomic E-state index is -4.37. The van der Waals surface area contributed by atoms with Gasteiger partial charge in [-0.05, 0) is 83.5 Å². The molecule has 0 aliphatic rings. The lowest BCUT2D eigenvalue weighted by molar-refractivity contribution is -0.870. The fraction of sp³-hybridized carbons (Fsp3) is 0.764. The van der Waals surface area contributed by atoms with Crippen molar-refractivity contribution < 1.29 is 32.9 Å². The molecule has 0 rings (SSSR count). The molecule has 0 aromatic heterocycles. The van der Waals surface area contributed by atoms with E-state index in [9.17, 15) is 19.4 Å². The maximum absolute atomic E-state index is 13.0. The number of phosphoric acid groups is 1. The number of rotatable bonds is 62. The number of carbonyl (C=O) groups is 1. The Morgan fingerprint density at radius 1 is 0.432 bits per heavy atom. The van der Waals surface area contributed by atoms with Gasteiger partial charge in [0.25, 0.3) is 0 Å². The molecule has 81 heavy (non-hydrogen) atoms. The van der Waals surface area contributed by atoms with Crippen molar-refractivity contribution in [2.75, 3.05) is 40.9 Å². The summed E-state index contributed by atoms with van der Waals surface area (Å²) in [4.78, 5) is 23.4. The van der Waals surface area contributed by atoms with Gasteiger partial charge >= 0.3 is 7.82 Å². The number of aliphatic hydroxyl groups excluding tert-OH is 1. The van der Waals surface area contributed by atoms with Crippen LogP contribution in [-0.2, 0) is 18.4 Å². The van der Waals surface area contributed by atoms with Gasteiger partial charge < -0.3 is 19.8 Å². The highest BCUT2D eigenvalue weighted by Crippen LogP contribution is 2.43. The van der Waals surface area contributed by atoms with Gasteiger partial charge in [-0.25, -0.2) is 4.57 Å². The van der Waals surface area contributed by atoms with E-state index >= 15 is 0 Å². The molecule has 0 spiro atoms. The van der Waals surface area contributed by atoms with Crippen molar-refractivity contribution in [2.45, 2.75) is 315 Å². The zero-order valence-electron chi connectivity index (χ0n) is 53.8. The number of aliphatic hydroxyl groups is 1. The summed E-state index contributed by atoms with van der Waals surface area (Å²) in [6.07, 6.45) is 89.8. The standard InChI is InChI=1S/C72H131N2O6P/c1-6-8-10-12-14-16-18-20-22-24-26-28-30-32-34-36-38-39-41-43-45-47-49-51-53-55-57-59-61-63-65-71(75)70(69-80-81(77,78)79-68-67-74(3,4)5)73-72(76)66-64-62-60-58-56-54-52-50-48-46-44-42-40-37-35-33-31-29-27-25-23-21-19-17-15-13-11-9-7-2/h9,11,15,17,21,23,27,29,33,35,40,42,55,57,63,65,70-71,75H,6-8,10,12-14,16,18-20,22,24-26,28,30-32,34,36-39,41,43-54,56,58-62,64,66-69H2,1-5H3,(H-,73,76,77,78)/p+1/b11-9-,17-15-,23-21-,29-27-,35-33-,42-40-,57-55+,65-63+. The lowest BCUT2D eigenvalue weighted by Crippen LogP contribution is -2.45. The smallest absolute Gasteiger partial charge is 0.387 e. The first-order chi connectivity index (χ1) is 39.5. The highest BCUT2D eigenvalue weighted by molar-refractivity contribution is 7.47. The fourth-order valence-corrected chi connectivity index (χ4v) is 10.5. The van der Waals surface area contributed by atoms with Crippen molar-refractivity contribution in [2.24, 2.45) is 0 Å². The molecule has 0 aliphatic heterocycles. The van der Waals surface area contributed by atoms with Crippen LogP contribution in [0.2, 0.25) is 0 Å². The predicted octanol–water partition coefficient (Wildman–Crippen LogP) is 21.7. The van der Waals surface area contributed by atoms with E-state index < -0.39 is 20.0 Å². The quantitative estimate of drug-likeness (QED) is 0.0243. The van der Waals surface area contributed by atoms with Gasteiger partial charge in [0.15, 0.2) is 0 Å². The van der Waals surface area contributed by atoms with E-state index in [2.05, 4.69) is 104 Å². The molecule has 0 saturated heterocycles. The number of likely N-dealkylation sites (N-methyl/N-ethyl adjacent to an activating group) is 1. The van der Waals surface area contributed by atoms with Crippen LogP contribution in [0.4, 0.5) is 0 Å². The van der Waals surface area contributed by atoms with Crippen LogP contribution in [0, 0.1) is 0 Å². The molecule has 0 aromatic carbocycles. The lowest BCUT2D eigenvalue weighted by atomic mass is 10.0. The number of amides is 1. The first-order valence-corrected chi connectivity index (χ1v) is 35.6. The van der Waals surface area contributed by atoms with Crippen LogP contribution < -0.4 is 5.32 Å². The lowest BCUT2D eigenvalue weighted by Gasteiger charge is -2.25. The highest BCUT2D eigenvalue weighted by atomic mass is 31.2. The maximum atomic E-state index is 13.0. The molecule has 9 heteroatoms. The third-order valence-electron chi connectivity index (χ3n) is 15.0. The number of hydrogen-bond acceptors (Lipinski definition) is 5. The van der Waals surface area contributed by atoms with Crippen LogP contribution in [0.5, 0.6) is 0 Å². The second kappa shape index (κ2) is 62.0. The van der Waals surface area contributed by atoms with E-state index in [0.29, 0.717) is 17.4 Å². The third kappa shape index (κ3) is 64.8. The van der Waals surface area contributed by atoms with Gasteiger partial charge in [-0.15, -0.1) is 0 Å². The molecule has 3 N–H and O–H groups in total. The van der Waals surface area contributed by atoms with E-state index in [1.165, 1.54) is 199 Å². The number of phosphoric ester groups is 1. The molecule has 3 unspecified atom stereocenters. The first kappa shape index (κ1) is 78.4. The summed E-state index contributed by atoms with van der Waals surface area (Å²) in [5.74, 6) is -0.192. The van der Waals surface area contributed by atoms with Gasteiger partial charge in [0.1, 0.15) is 13.2 Å². The number of hydrogen-bond donors (Lipinski definition) is 3. The van der Waals surface area contributed by atoms with Gasteiger partial charge in [-0.1, -0.05) is 310 Å². The van der Waals surface area contributed by atoms with E-state index in [1.54, 1.807) is 6.08 Å². The summed E-state index contributed by atoms with van der Waals surface area (Å²) >= 11 is 0. The molecule has 0 radical (unpaired) electrons. The van der Waals surface area contributed by atoms with Gasteiger partial charge in [0, 0.05) is 6.42 Å². The molecule has 0 heterocycles. The Kier molecular flexibility index (Phi) is 60.0. The number of allylic oxidation sites excluding steroid dienone is 15. The predicted molar refractivity (Wildman–Crippen MR) is 355 cm³/mol. The van der Waals surface area contributed by atoms with Gasteiger partial charge in [0.2, 0.25) is 5.91 Å². The topological polar surface area (TPSA) is 105 Å². The molecule has 1 amide bonds. The van der Waals surface area contributed by atoms with Crippen molar-refractivity contribution in [1.82, 2.24) is 5.32 Å². The Morgan fingerprint density at radius 3 is 1.14 bits per heavy atom. The Bertz CT molecular complexity index is 1640. The summed E-state index contributed by atoms with van der Waals surface area (Å²) in [5, 5.41) is 14.0. The van der Waals surface area contributed by atoms with Crippen molar-refractivity contribution in [3.63, 3.8) is 0 Å². The third-order valence-corrected chi connectivity index (χ3v) is 16.0. The number of unbranched alkanes of at least 4 members (excludes halogenated alkanes) is 35. The Labute approximate surface area is 502 Å². The van der Waals surface area contributed by atoms with E-state index in [0.717, 1.165) is 83.5 Å². The Morgan fingerprint density at radius 2 is 0.753 bits per heavy atom. The van der Waals surface area contributed by atoms with Crippen LogP contribution in [0.25, 0.3) is 0 Å². The average molecular weight is 1150 g/mol. The SMILES string of the molecule is CC/C=C\C/C=C\C/C=C\C/C=C\C/C=C\C/C=C\CCCCCCCCCCCCC(=O)NC(COP(=O)(O)OCC[N+](C)(C)C)C(O)/C=C/CC/C=C/CCCCCCCCCCCCCCCCCCCCCCCCCC.